The van der Waals surface area contributed by atoms with Gasteiger partial charge in [0.25, 0.3) is 11.5 Å². The topological polar surface area (TPSA) is 48.5 Å². The lowest BCUT2D eigenvalue weighted by atomic mass is 10.2. The minimum Gasteiger partial charge on any atom is -0.472 e. The van der Waals surface area contributed by atoms with Crippen LogP contribution >= 0.6 is 0 Å². The number of fused-ring (bicyclic) bond motifs is 1. The normalized spacial score (nSPS) is 12.6. The van der Waals surface area contributed by atoms with Gasteiger partial charge >= 0.3 is 6.18 Å². The Balaban J connectivity index is 1.99. The van der Waals surface area contributed by atoms with Crippen LogP contribution in [0.1, 0.15) is 12.5 Å². The second-order valence-corrected chi connectivity index (χ2v) is 6.12. The maximum Gasteiger partial charge on any atom is 0.417 e. The summed E-state index contributed by atoms with van der Waals surface area (Å²) in [6, 6.07) is 4.75. The van der Waals surface area contributed by atoms with Gasteiger partial charge in [-0.15, -0.1) is 0 Å². The van der Waals surface area contributed by atoms with Gasteiger partial charge in [-0.25, -0.2) is 13.8 Å². The summed E-state index contributed by atoms with van der Waals surface area (Å²) >= 11 is 0. The maximum absolute atomic E-state index is 12.9. The molecular formula is C17H14F5N3O2. The van der Waals surface area contributed by atoms with Gasteiger partial charge in [0.05, 0.1) is 16.8 Å². The Morgan fingerprint density at radius 3 is 2.41 bits per heavy atom. The van der Waals surface area contributed by atoms with Crippen molar-refractivity contribution in [2.75, 3.05) is 6.61 Å². The molecule has 0 fully saturated rings. The third-order valence-electron chi connectivity index (χ3n) is 3.79. The molecule has 10 heteroatoms. The predicted octanol–water partition coefficient (Wildman–Crippen LogP) is 3.75. The van der Waals surface area contributed by atoms with E-state index in [1.807, 2.05) is 0 Å². The molecule has 0 radical (unpaired) electrons. The molecule has 3 aromatic heterocycles. The summed E-state index contributed by atoms with van der Waals surface area (Å²) in [6.07, 6.45) is -2.34. The van der Waals surface area contributed by atoms with Crippen molar-refractivity contribution in [2.24, 2.45) is 7.05 Å². The van der Waals surface area contributed by atoms with Crippen molar-refractivity contribution in [1.82, 2.24) is 14.0 Å². The van der Waals surface area contributed by atoms with Gasteiger partial charge in [-0.2, -0.15) is 13.2 Å². The van der Waals surface area contributed by atoms with Gasteiger partial charge in [-0.05, 0) is 24.3 Å². The molecule has 0 spiro atoms. The first-order valence-electron chi connectivity index (χ1n) is 7.73. The SMILES string of the molecule is Cn1c(OCC(C)(F)F)ccc(-c2cn3cc(C(F)(F)F)ccc3n2)c1=O. The first kappa shape index (κ1) is 18.9. The minimum atomic E-state index is -4.50. The highest BCUT2D eigenvalue weighted by molar-refractivity contribution is 5.62. The zero-order chi connectivity index (χ0) is 20.0. The van der Waals surface area contributed by atoms with Crippen molar-refractivity contribution in [3.8, 4) is 17.1 Å². The Hall–Kier alpha value is -2.91. The molecule has 5 nitrogen and oxygen atoms in total. The lowest BCUT2D eigenvalue weighted by Gasteiger charge is -2.14. The monoisotopic (exact) mass is 387 g/mol. The van der Waals surface area contributed by atoms with E-state index in [0.717, 1.165) is 16.8 Å². The van der Waals surface area contributed by atoms with E-state index in [2.05, 4.69) is 4.98 Å². The van der Waals surface area contributed by atoms with Crippen LogP contribution in [0.25, 0.3) is 16.9 Å². The van der Waals surface area contributed by atoms with Crippen LogP contribution in [0.2, 0.25) is 0 Å². The standard InChI is InChI=1S/C17H14F5N3O2/c1-16(18,19)9-27-14-6-4-11(15(26)24(14)2)12-8-25-7-10(17(20,21)22)3-5-13(25)23-12/h3-8H,9H2,1-2H3. The van der Waals surface area contributed by atoms with Gasteiger partial charge in [0, 0.05) is 26.4 Å². The van der Waals surface area contributed by atoms with E-state index in [9.17, 15) is 26.7 Å². The van der Waals surface area contributed by atoms with Crippen molar-refractivity contribution < 1.29 is 26.7 Å². The predicted molar refractivity (Wildman–Crippen MR) is 87.0 cm³/mol. The van der Waals surface area contributed by atoms with Gasteiger partial charge in [-0.1, -0.05) is 0 Å². The quantitative estimate of drug-likeness (QED) is 0.641. The highest BCUT2D eigenvalue weighted by Crippen LogP contribution is 2.29. The van der Waals surface area contributed by atoms with E-state index in [1.165, 1.54) is 35.8 Å². The number of imidazole rings is 1. The number of nitrogens with zero attached hydrogens (tertiary/aromatic N) is 3. The molecule has 0 amide bonds. The van der Waals surface area contributed by atoms with Gasteiger partial charge < -0.3 is 9.14 Å². The van der Waals surface area contributed by atoms with E-state index in [1.54, 1.807) is 0 Å². The van der Waals surface area contributed by atoms with Gasteiger partial charge in [0.2, 0.25) is 0 Å². The number of pyridine rings is 2. The summed E-state index contributed by atoms with van der Waals surface area (Å²) in [5, 5.41) is 0. The number of rotatable bonds is 4. The van der Waals surface area contributed by atoms with Crippen LogP contribution in [0, 0.1) is 0 Å². The molecule has 3 rings (SSSR count). The molecule has 0 saturated carbocycles. The molecule has 144 valence electrons. The number of hydrogen-bond donors (Lipinski definition) is 0. The van der Waals surface area contributed by atoms with E-state index in [4.69, 9.17) is 4.74 Å². The summed E-state index contributed by atoms with van der Waals surface area (Å²) in [5.74, 6) is -3.12. The van der Waals surface area contributed by atoms with E-state index >= 15 is 0 Å². The Morgan fingerprint density at radius 1 is 1.07 bits per heavy atom. The fourth-order valence-electron chi connectivity index (χ4n) is 2.45. The minimum absolute atomic E-state index is 0.0617. The van der Waals surface area contributed by atoms with Crippen LogP contribution in [0.5, 0.6) is 5.88 Å². The second kappa shape index (κ2) is 6.36. The maximum atomic E-state index is 12.9. The Morgan fingerprint density at radius 2 is 1.78 bits per heavy atom. The lowest BCUT2D eigenvalue weighted by molar-refractivity contribution is -0.137. The van der Waals surface area contributed by atoms with Gasteiger partial charge in [0.1, 0.15) is 5.65 Å². The fraction of sp³-hybridized carbons (Fsp3) is 0.294. The summed E-state index contributed by atoms with van der Waals surface area (Å²) in [4.78, 5) is 16.6. The zero-order valence-corrected chi connectivity index (χ0v) is 14.2. The average Bonchev–Trinajstić information content (AvgIpc) is 2.97. The third kappa shape index (κ3) is 3.93. The van der Waals surface area contributed by atoms with Crippen molar-refractivity contribution in [3.63, 3.8) is 0 Å². The molecular weight excluding hydrogens is 373 g/mol. The molecule has 0 saturated heterocycles. The Kier molecular flexibility index (Phi) is 4.44. The van der Waals surface area contributed by atoms with Crippen LogP contribution in [0.3, 0.4) is 0 Å². The van der Waals surface area contributed by atoms with E-state index in [-0.39, 0.29) is 22.8 Å². The van der Waals surface area contributed by atoms with Crippen LogP contribution < -0.4 is 10.3 Å². The largest absolute Gasteiger partial charge is 0.472 e. The van der Waals surface area contributed by atoms with Gasteiger partial charge in [0.15, 0.2) is 12.5 Å². The zero-order valence-electron chi connectivity index (χ0n) is 14.2. The highest BCUT2D eigenvalue weighted by Gasteiger charge is 2.31. The third-order valence-corrected chi connectivity index (χ3v) is 3.79. The average molecular weight is 387 g/mol. The summed E-state index contributed by atoms with van der Waals surface area (Å²) < 4.78 is 71.4. The molecule has 27 heavy (non-hydrogen) atoms. The van der Waals surface area contributed by atoms with Crippen molar-refractivity contribution >= 4 is 5.65 Å². The second-order valence-electron chi connectivity index (χ2n) is 6.12. The molecule has 0 aromatic carbocycles. The Bertz CT molecular complexity index is 1050. The summed E-state index contributed by atoms with van der Waals surface area (Å²) in [7, 11) is 1.34. The number of alkyl halides is 5. The molecule has 0 aliphatic carbocycles. The molecule has 0 aliphatic rings. The highest BCUT2D eigenvalue weighted by atomic mass is 19.4. The van der Waals surface area contributed by atoms with E-state index < -0.39 is 29.8 Å². The number of ether oxygens (including phenoxy) is 1. The number of aromatic nitrogens is 3. The molecule has 0 aliphatic heterocycles. The summed E-state index contributed by atoms with van der Waals surface area (Å²) in [5.41, 5.74) is -0.943. The molecule has 0 unspecified atom stereocenters. The van der Waals surface area contributed by atoms with Crippen LogP contribution in [-0.2, 0) is 13.2 Å². The van der Waals surface area contributed by atoms with Crippen molar-refractivity contribution in [3.05, 3.63) is 52.6 Å². The molecule has 3 heterocycles. The number of hydrogen-bond acceptors (Lipinski definition) is 3. The lowest BCUT2D eigenvalue weighted by Crippen LogP contribution is -2.25. The molecule has 0 bridgehead atoms. The van der Waals surface area contributed by atoms with Crippen LogP contribution in [-0.4, -0.2) is 26.5 Å². The smallest absolute Gasteiger partial charge is 0.417 e. The van der Waals surface area contributed by atoms with Crippen LogP contribution in [0.15, 0.2) is 41.5 Å². The fourth-order valence-corrected chi connectivity index (χ4v) is 2.45. The van der Waals surface area contributed by atoms with E-state index in [0.29, 0.717) is 6.92 Å². The van der Waals surface area contributed by atoms with Gasteiger partial charge in [-0.3, -0.25) is 9.36 Å². The first-order chi connectivity index (χ1) is 12.5. The Labute approximate surface area is 149 Å². The first-order valence-corrected chi connectivity index (χ1v) is 7.73. The van der Waals surface area contributed by atoms with Crippen molar-refractivity contribution in [2.45, 2.75) is 19.0 Å². The molecule has 3 aromatic rings. The molecule has 0 atom stereocenters. The van der Waals surface area contributed by atoms with Crippen LogP contribution in [0.4, 0.5) is 22.0 Å². The number of halogens is 5. The summed E-state index contributed by atoms with van der Waals surface area (Å²) in [6.45, 7) is -0.209. The molecule has 0 N–H and O–H groups in total. The van der Waals surface area contributed by atoms with Crippen molar-refractivity contribution in [1.29, 1.82) is 0 Å².